The molecule has 234 valence electrons. The Morgan fingerprint density at radius 3 is 2.44 bits per heavy atom. The third-order valence-corrected chi connectivity index (χ3v) is 7.63. The number of hydrazone groups is 1. The third kappa shape index (κ3) is 9.90. The fourth-order valence-electron chi connectivity index (χ4n) is 4.16. The summed E-state index contributed by atoms with van der Waals surface area (Å²) >= 11 is 6.82. The Kier molecular flexibility index (Phi) is 12.9. The van der Waals surface area contributed by atoms with Gasteiger partial charge in [0.2, 0.25) is 0 Å². The lowest BCUT2D eigenvalue weighted by atomic mass is 10.0. The second-order valence-electron chi connectivity index (χ2n) is 10.8. The van der Waals surface area contributed by atoms with Crippen molar-refractivity contribution in [2.24, 2.45) is 11.0 Å². The number of cyclic esters (lactones) is 1. The van der Waals surface area contributed by atoms with Crippen LogP contribution in [0.15, 0.2) is 88.3 Å². The number of halogens is 3. The van der Waals surface area contributed by atoms with Crippen LogP contribution in [-0.4, -0.2) is 65.1 Å². The lowest BCUT2D eigenvalue weighted by molar-refractivity contribution is 0.0580. The Bertz CT molecular complexity index is 1350. The van der Waals surface area contributed by atoms with Gasteiger partial charge in [-0.2, -0.15) is 5.10 Å². The number of hydrogen-bond acceptors (Lipinski definition) is 6. The van der Waals surface area contributed by atoms with Gasteiger partial charge < -0.3 is 14.7 Å². The molecule has 0 radical (unpaired) electrons. The molecule has 1 amide bonds. The minimum atomic E-state index is -1.03. The summed E-state index contributed by atoms with van der Waals surface area (Å²) in [4.78, 5) is 27.3. The first-order valence-electron chi connectivity index (χ1n) is 13.8. The third-order valence-electron chi connectivity index (χ3n) is 7.15. The van der Waals surface area contributed by atoms with E-state index in [9.17, 15) is 18.4 Å². The highest BCUT2D eigenvalue weighted by molar-refractivity contribution is 6.29. The largest absolute Gasteiger partial charge is 0.478 e. The number of allylic oxidation sites excluding steroid dienone is 7. The van der Waals surface area contributed by atoms with Crippen molar-refractivity contribution in [3.8, 4) is 0 Å². The van der Waals surface area contributed by atoms with Gasteiger partial charge in [-0.05, 0) is 83.7 Å². The van der Waals surface area contributed by atoms with E-state index in [4.69, 9.17) is 21.4 Å². The molecular weight excluding hydrogens is 578 g/mol. The fourth-order valence-corrected chi connectivity index (χ4v) is 4.39. The normalized spacial score (nSPS) is 19.8. The molecule has 2 unspecified atom stereocenters. The summed E-state index contributed by atoms with van der Waals surface area (Å²) in [6, 6.07) is 6.10. The van der Waals surface area contributed by atoms with Gasteiger partial charge in [-0.1, -0.05) is 37.3 Å². The maximum atomic E-state index is 13.8. The highest BCUT2D eigenvalue weighted by atomic mass is 35.5. The maximum Gasteiger partial charge on any atom is 0.415 e. The number of carbonyl (C=O) groups excluding carboxylic acids is 1. The summed E-state index contributed by atoms with van der Waals surface area (Å²) in [5, 5.41) is 15.8. The number of aromatic carboxylic acids is 1. The van der Waals surface area contributed by atoms with E-state index >= 15 is 0 Å². The minimum Gasteiger partial charge on any atom is -0.478 e. The summed E-state index contributed by atoms with van der Waals surface area (Å²) in [5.74, 6) is -3.36. The minimum absolute atomic E-state index is 0.141. The molecule has 0 saturated carbocycles. The van der Waals surface area contributed by atoms with Gasteiger partial charge in [-0.25, -0.2) is 23.4 Å². The molecule has 11 heteroatoms. The zero-order chi connectivity index (χ0) is 32.5. The van der Waals surface area contributed by atoms with Crippen molar-refractivity contribution in [3.05, 3.63) is 88.8 Å². The van der Waals surface area contributed by atoms with E-state index in [1.165, 1.54) is 23.1 Å². The van der Waals surface area contributed by atoms with Crippen molar-refractivity contribution in [3.63, 3.8) is 0 Å². The van der Waals surface area contributed by atoms with Gasteiger partial charge in [0.15, 0.2) is 11.7 Å². The van der Waals surface area contributed by atoms with Gasteiger partial charge >= 0.3 is 12.1 Å². The summed E-state index contributed by atoms with van der Waals surface area (Å²) in [6.07, 6.45) is 5.33. The molecular formula is C32H41ClF2N4O4. The molecule has 1 aromatic carbocycles. The van der Waals surface area contributed by atoms with Gasteiger partial charge in [0.05, 0.1) is 12.1 Å². The van der Waals surface area contributed by atoms with Gasteiger partial charge in [0.1, 0.15) is 10.8 Å². The molecule has 1 aromatic rings. The van der Waals surface area contributed by atoms with Crippen molar-refractivity contribution in [1.29, 1.82) is 0 Å². The number of carbonyl (C=O) groups is 2. The molecule has 8 nitrogen and oxygen atoms in total. The van der Waals surface area contributed by atoms with Crippen LogP contribution in [0.1, 0.15) is 58.3 Å². The lowest BCUT2D eigenvalue weighted by Gasteiger charge is -2.27. The monoisotopic (exact) mass is 618 g/mol. The Morgan fingerprint density at radius 1 is 1.26 bits per heavy atom. The van der Waals surface area contributed by atoms with E-state index in [-0.39, 0.29) is 11.5 Å². The summed E-state index contributed by atoms with van der Waals surface area (Å²) in [7, 11) is 1.94. The molecule has 0 bridgehead atoms. The van der Waals surface area contributed by atoms with E-state index in [1.807, 2.05) is 47.7 Å². The fraction of sp³-hybridized carbons (Fsp3) is 0.406. The van der Waals surface area contributed by atoms with Crippen molar-refractivity contribution in [1.82, 2.24) is 9.91 Å². The number of ether oxygens (including phenoxy) is 1. The van der Waals surface area contributed by atoms with Crippen LogP contribution in [0.4, 0.5) is 19.3 Å². The molecule has 0 aliphatic carbocycles. The smallest absolute Gasteiger partial charge is 0.415 e. The molecule has 2 atom stereocenters. The highest BCUT2D eigenvalue weighted by Gasteiger charge is 2.42. The number of carboxylic acids is 1. The first kappa shape index (κ1) is 35.4. The van der Waals surface area contributed by atoms with E-state index < -0.39 is 29.3 Å². The predicted octanol–water partition coefficient (Wildman–Crippen LogP) is 8.02. The van der Waals surface area contributed by atoms with Crippen molar-refractivity contribution < 1.29 is 28.2 Å². The van der Waals surface area contributed by atoms with Gasteiger partial charge in [-0.3, -0.25) is 4.90 Å². The molecule has 1 saturated heterocycles. The number of amides is 1. The van der Waals surface area contributed by atoms with Gasteiger partial charge in [-0.15, -0.1) is 0 Å². The van der Waals surface area contributed by atoms with Crippen molar-refractivity contribution >= 4 is 35.1 Å². The average Bonchev–Trinajstić information content (AvgIpc) is 3.29. The van der Waals surface area contributed by atoms with Gasteiger partial charge in [0, 0.05) is 42.5 Å². The Hall–Kier alpha value is -3.76. The van der Waals surface area contributed by atoms with E-state index in [0.717, 1.165) is 23.4 Å². The zero-order valence-electron chi connectivity index (χ0n) is 25.8. The summed E-state index contributed by atoms with van der Waals surface area (Å²) in [5.41, 5.74) is 2.25. The number of hydrogen-bond donors (Lipinski definition) is 1. The molecule has 1 heterocycles. The van der Waals surface area contributed by atoms with Crippen molar-refractivity contribution in [2.75, 3.05) is 31.6 Å². The van der Waals surface area contributed by atoms with Crippen LogP contribution in [0.25, 0.3) is 0 Å². The van der Waals surface area contributed by atoms with Crippen LogP contribution in [0.3, 0.4) is 0 Å². The second-order valence-corrected chi connectivity index (χ2v) is 11.2. The number of likely N-dealkylation sites (N-methyl/N-ethyl adjacent to an activating group) is 1. The molecule has 43 heavy (non-hydrogen) atoms. The topological polar surface area (TPSA) is 85.7 Å². The molecule has 2 rings (SSSR count). The molecule has 0 spiro atoms. The molecule has 1 aliphatic rings. The molecule has 1 aliphatic heterocycles. The van der Waals surface area contributed by atoms with Gasteiger partial charge in [0.25, 0.3) is 0 Å². The molecule has 1 fully saturated rings. The van der Waals surface area contributed by atoms with E-state index in [1.54, 1.807) is 24.1 Å². The predicted molar refractivity (Wildman–Crippen MR) is 168 cm³/mol. The average molecular weight is 619 g/mol. The second kappa shape index (κ2) is 15.6. The van der Waals surface area contributed by atoms with Crippen LogP contribution >= 0.6 is 11.6 Å². The van der Waals surface area contributed by atoms with Crippen LogP contribution in [-0.2, 0) is 4.74 Å². The van der Waals surface area contributed by atoms with E-state index in [2.05, 4.69) is 16.6 Å². The number of carboxylic acid groups (broad SMARTS) is 1. The SMILES string of the molecule is C=C/C(F)=C(F)\C=C/C(C)/C(C)=N/N(/C(Cl)=C(\C)CN(C)CCC1(C)CN(c2ccc(C(=O)O)cc2)C(=O)O1)/C(C)=C/C. The Balaban J connectivity index is 2.10. The number of rotatable bonds is 14. The number of nitrogens with zero attached hydrogens (tertiary/aromatic N) is 4. The van der Waals surface area contributed by atoms with Crippen LogP contribution < -0.4 is 4.90 Å². The number of anilines is 1. The lowest BCUT2D eigenvalue weighted by Crippen LogP contribution is -2.36. The first-order valence-corrected chi connectivity index (χ1v) is 14.2. The quantitative estimate of drug-likeness (QED) is 0.0983. The number of benzene rings is 1. The maximum absolute atomic E-state index is 13.8. The molecule has 0 aromatic heterocycles. The van der Waals surface area contributed by atoms with E-state index in [0.29, 0.717) is 42.6 Å². The zero-order valence-corrected chi connectivity index (χ0v) is 26.6. The first-order chi connectivity index (χ1) is 20.1. The van der Waals surface area contributed by atoms with Crippen molar-refractivity contribution in [2.45, 2.75) is 53.6 Å². The Morgan fingerprint density at radius 2 is 1.88 bits per heavy atom. The highest BCUT2D eigenvalue weighted by Crippen LogP contribution is 2.31. The molecule has 1 N–H and O–H groups in total. The van der Waals surface area contributed by atoms with Crippen LogP contribution in [0.2, 0.25) is 0 Å². The van der Waals surface area contributed by atoms with Crippen LogP contribution in [0.5, 0.6) is 0 Å². The summed E-state index contributed by atoms with van der Waals surface area (Å²) in [6.45, 7) is 15.8. The van der Waals surface area contributed by atoms with Crippen LogP contribution in [0, 0.1) is 5.92 Å². The summed E-state index contributed by atoms with van der Waals surface area (Å²) < 4.78 is 32.8. The standard InChI is InChI=1S/C32H41ClF2N4O4/c1-9-23(5)39(36-24(6)21(3)11-16-28(35)27(34)10-2)29(33)22(4)19-37(8)18-17-32(7)20-38(31(42)43-32)26-14-12-25(13-15-26)30(40)41/h9-16,21H,2,17-20H2,1,3-8H3,(H,40,41)/b16-11-,23-9+,28-27-,29-22+,36-24+. The Labute approximate surface area is 257 Å².